The summed E-state index contributed by atoms with van der Waals surface area (Å²) in [6, 6.07) is 17.8. The molecule has 5 aromatic rings. The molecule has 0 saturated heterocycles. The summed E-state index contributed by atoms with van der Waals surface area (Å²) >= 11 is 3.37. The molecule has 0 bridgehead atoms. The van der Waals surface area contributed by atoms with Gasteiger partial charge in [-0.05, 0) is 60.2 Å². The second kappa shape index (κ2) is 7.68. The third kappa shape index (κ3) is 3.55. The minimum absolute atomic E-state index is 0.377. The smallest absolute Gasteiger partial charge is 0.323 e. The first kappa shape index (κ1) is 16.2. The molecular weight excluding hydrogens is 442 g/mol. The number of hydrogen-bond donors (Lipinski definition) is 3. The van der Waals surface area contributed by atoms with Crippen LogP contribution in [0.3, 0.4) is 0 Å². The third-order valence-corrected chi connectivity index (χ3v) is 5.30. The van der Waals surface area contributed by atoms with Crippen LogP contribution in [0.4, 0.5) is 16.2 Å². The Labute approximate surface area is 183 Å². The molecule has 2 amide bonds. The number of pyridine rings is 1. The highest BCUT2D eigenvalue weighted by molar-refractivity contribution is 9.10. The van der Waals surface area contributed by atoms with Crippen molar-refractivity contribution in [2.24, 2.45) is 0 Å². The van der Waals surface area contributed by atoms with Gasteiger partial charge >= 0.3 is 6.03 Å². The minimum atomic E-state index is -1.83. The summed E-state index contributed by atoms with van der Waals surface area (Å²) in [7, 11) is 0. The van der Waals surface area contributed by atoms with Crippen LogP contribution in [0.2, 0.25) is 0 Å². The molecule has 0 aliphatic rings. The van der Waals surface area contributed by atoms with Crippen LogP contribution in [0.1, 0.15) is 8.30 Å². The van der Waals surface area contributed by atoms with E-state index in [9.17, 15) is 4.79 Å². The number of nitrogens with zero attached hydrogens (tertiary/aromatic N) is 2. The second-order valence-corrected chi connectivity index (χ2v) is 7.64. The van der Waals surface area contributed by atoms with Gasteiger partial charge in [-0.15, -0.1) is 0 Å². The van der Waals surface area contributed by atoms with Crippen molar-refractivity contribution >= 4 is 55.3 Å². The summed E-state index contributed by atoms with van der Waals surface area (Å²) in [6.07, 6.45) is 5.01. The van der Waals surface area contributed by atoms with Gasteiger partial charge in [0.2, 0.25) is 0 Å². The van der Waals surface area contributed by atoms with Gasteiger partial charge in [-0.2, -0.15) is 0 Å². The monoisotopic (exact) mass is 461 g/mol. The van der Waals surface area contributed by atoms with Crippen LogP contribution in [0.5, 0.6) is 0 Å². The van der Waals surface area contributed by atoms with Crippen LogP contribution in [-0.4, -0.2) is 20.6 Å². The van der Waals surface area contributed by atoms with Crippen LogP contribution in [0.15, 0.2) is 83.7 Å². The molecule has 0 atom stereocenters. The number of aromatic nitrogens is 3. The third-order valence-electron chi connectivity index (χ3n) is 4.78. The van der Waals surface area contributed by atoms with E-state index in [0.717, 1.165) is 15.2 Å². The predicted octanol–water partition coefficient (Wildman–Crippen LogP) is 5.97. The Balaban J connectivity index is 1.47. The number of benzene rings is 2. The van der Waals surface area contributed by atoms with Gasteiger partial charge in [0, 0.05) is 46.0 Å². The number of fused-ring (bicyclic) bond motifs is 2. The molecule has 0 unspecified atom stereocenters. The number of urea groups is 1. The second-order valence-electron chi connectivity index (χ2n) is 6.72. The Kier molecular flexibility index (Phi) is 4.16. The molecule has 6 nitrogen and oxygen atoms in total. The lowest BCUT2D eigenvalue weighted by atomic mass is 10.2. The predicted molar refractivity (Wildman–Crippen MR) is 124 cm³/mol. The van der Waals surface area contributed by atoms with Crippen LogP contribution in [0.25, 0.3) is 21.9 Å². The highest BCUT2D eigenvalue weighted by Crippen LogP contribution is 2.27. The summed E-state index contributed by atoms with van der Waals surface area (Å²) in [6.45, 7) is -1.83. The van der Waals surface area contributed by atoms with Gasteiger partial charge in [0.25, 0.3) is 0 Å². The van der Waals surface area contributed by atoms with E-state index in [-0.39, 0.29) is 6.03 Å². The standard InChI is InChI=1S/C23H18BrN5O/c24-16-6-8-17(9-7-16)27-23(30)28-20-4-1-5-21-19(20)10-12-29(21)14-15-13-26-22-18(15)3-2-11-25-22/h1-13H,14H2,(H,25,26)(H2,27,28,30)/i14D2. The van der Waals surface area contributed by atoms with E-state index in [4.69, 9.17) is 2.74 Å². The van der Waals surface area contributed by atoms with E-state index in [1.807, 2.05) is 24.3 Å². The molecule has 5 rings (SSSR count). The zero-order valence-corrected chi connectivity index (χ0v) is 17.3. The van der Waals surface area contributed by atoms with Gasteiger partial charge < -0.3 is 20.2 Å². The number of rotatable bonds is 4. The molecule has 0 radical (unpaired) electrons. The maximum Gasteiger partial charge on any atom is 0.323 e. The maximum atomic E-state index is 12.5. The molecule has 3 heterocycles. The number of carbonyl (C=O) groups is 1. The van der Waals surface area contributed by atoms with Crippen molar-refractivity contribution in [1.29, 1.82) is 0 Å². The number of H-pyrrole nitrogens is 1. The molecule has 0 spiro atoms. The van der Waals surface area contributed by atoms with Crippen molar-refractivity contribution in [1.82, 2.24) is 14.5 Å². The van der Waals surface area contributed by atoms with E-state index in [2.05, 4.69) is 36.5 Å². The average molecular weight is 462 g/mol. The maximum absolute atomic E-state index is 12.5. The normalized spacial score (nSPS) is 12.6. The molecular formula is C23H18BrN5O. The first-order valence-corrected chi connectivity index (χ1v) is 10.1. The molecule has 7 heteroatoms. The summed E-state index contributed by atoms with van der Waals surface area (Å²) in [5.41, 5.74) is 3.04. The lowest BCUT2D eigenvalue weighted by molar-refractivity contribution is 0.262. The molecule has 3 aromatic heterocycles. The van der Waals surface area contributed by atoms with Crippen molar-refractivity contribution < 1.29 is 7.54 Å². The van der Waals surface area contributed by atoms with E-state index < -0.39 is 6.50 Å². The van der Waals surface area contributed by atoms with Gasteiger partial charge in [0.15, 0.2) is 0 Å². The molecule has 0 saturated carbocycles. The molecule has 0 aliphatic carbocycles. The van der Waals surface area contributed by atoms with Gasteiger partial charge in [0.1, 0.15) is 5.65 Å². The van der Waals surface area contributed by atoms with E-state index in [1.54, 1.807) is 59.6 Å². The Morgan fingerprint density at radius 3 is 2.80 bits per heavy atom. The highest BCUT2D eigenvalue weighted by atomic mass is 79.9. The number of nitrogens with one attached hydrogen (secondary N) is 3. The van der Waals surface area contributed by atoms with E-state index in [0.29, 0.717) is 28.1 Å². The van der Waals surface area contributed by atoms with Gasteiger partial charge in [0.05, 0.1) is 13.9 Å². The molecule has 3 N–H and O–H groups in total. The largest absolute Gasteiger partial charge is 0.346 e. The SMILES string of the molecule is [2H]C([2H])(c1c[nH]c2ncccc12)n1ccc2c(NC(=O)Nc3ccc(Br)cc3)cccc21. The summed E-state index contributed by atoms with van der Waals surface area (Å²) in [5, 5.41) is 7.12. The fourth-order valence-electron chi connectivity index (χ4n) is 3.37. The molecule has 30 heavy (non-hydrogen) atoms. The van der Waals surface area contributed by atoms with Gasteiger partial charge in [-0.1, -0.05) is 22.0 Å². The van der Waals surface area contributed by atoms with Crippen LogP contribution < -0.4 is 10.6 Å². The number of carbonyl (C=O) groups excluding carboxylic acids is 1. The zero-order valence-electron chi connectivity index (χ0n) is 17.7. The Morgan fingerprint density at radius 1 is 1.07 bits per heavy atom. The van der Waals surface area contributed by atoms with Crippen molar-refractivity contribution in [2.45, 2.75) is 6.50 Å². The number of halogens is 1. The quantitative estimate of drug-likeness (QED) is 0.308. The summed E-state index contributed by atoms with van der Waals surface area (Å²) < 4.78 is 20.2. The van der Waals surface area contributed by atoms with Crippen molar-refractivity contribution in [3.05, 3.63) is 89.3 Å². The molecule has 0 aliphatic heterocycles. The van der Waals surface area contributed by atoms with Crippen LogP contribution in [0, 0.1) is 0 Å². The topological polar surface area (TPSA) is 74.7 Å². The molecule has 2 aromatic carbocycles. The van der Waals surface area contributed by atoms with Crippen molar-refractivity contribution in [3.8, 4) is 0 Å². The molecule has 0 fully saturated rings. The first-order chi connectivity index (χ1) is 15.4. The number of hydrogen-bond acceptors (Lipinski definition) is 2. The number of aromatic amines is 1. The Hall–Kier alpha value is -3.58. The first-order valence-electron chi connectivity index (χ1n) is 10.3. The highest BCUT2D eigenvalue weighted by Gasteiger charge is 2.11. The lowest BCUT2D eigenvalue weighted by Gasteiger charge is -2.10. The van der Waals surface area contributed by atoms with E-state index >= 15 is 0 Å². The van der Waals surface area contributed by atoms with Gasteiger partial charge in [-0.3, -0.25) is 0 Å². The Bertz CT molecular complexity index is 1440. The van der Waals surface area contributed by atoms with Crippen LogP contribution >= 0.6 is 15.9 Å². The Morgan fingerprint density at radius 2 is 1.93 bits per heavy atom. The van der Waals surface area contributed by atoms with Gasteiger partial charge in [-0.25, -0.2) is 9.78 Å². The fourth-order valence-corrected chi connectivity index (χ4v) is 3.63. The van der Waals surface area contributed by atoms with Crippen LogP contribution in [-0.2, 0) is 6.50 Å². The molecule has 148 valence electrons. The van der Waals surface area contributed by atoms with E-state index in [1.165, 1.54) is 0 Å². The minimum Gasteiger partial charge on any atom is -0.346 e. The number of amides is 2. The summed E-state index contributed by atoms with van der Waals surface area (Å²) in [5.74, 6) is 0. The summed E-state index contributed by atoms with van der Waals surface area (Å²) in [4.78, 5) is 19.8. The van der Waals surface area contributed by atoms with Crippen molar-refractivity contribution in [2.75, 3.05) is 10.6 Å². The average Bonchev–Trinajstić information content (AvgIpc) is 3.41. The fraction of sp³-hybridized carbons (Fsp3) is 0.0435. The van der Waals surface area contributed by atoms with Crippen molar-refractivity contribution in [3.63, 3.8) is 0 Å². The lowest BCUT2D eigenvalue weighted by Crippen LogP contribution is -2.19. The number of anilines is 2. The zero-order chi connectivity index (χ0) is 22.3.